The Labute approximate surface area is 151 Å². The molecule has 7 nitrogen and oxygen atoms in total. The lowest BCUT2D eigenvalue weighted by atomic mass is 10.1. The third kappa shape index (κ3) is 4.99. The fourth-order valence-corrected chi connectivity index (χ4v) is 2.88. The summed E-state index contributed by atoms with van der Waals surface area (Å²) in [6.45, 7) is 2.15. The Bertz CT molecular complexity index is 687. The van der Waals surface area contributed by atoms with E-state index in [0.717, 1.165) is 5.56 Å². The number of carbonyl (C=O) groups is 1. The predicted octanol–water partition coefficient (Wildman–Crippen LogP) is 2.30. The summed E-state index contributed by atoms with van der Waals surface area (Å²) < 4.78 is 15.9. The molecule has 0 radical (unpaired) electrons. The monoisotopic (exact) mass is 363 g/mol. The van der Waals surface area contributed by atoms with Gasteiger partial charge in [0, 0.05) is 18.9 Å². The van der Waals surface area contributed by atoms with Crippen molar-refractivity contribution in [2.24, 2.45) is 0 Å². The summed E-state index contributed by atoms with van der Waals surface area (Å²) in [5, 5.41) is 3.14. The molecule has 8 heteroatoms. The Kier molecular flexibility index (Phi) is 6.88. The summed E-state index contributed by atoms with van der Waals surface area (Å²) in [5.74, 6) is 1.51. The maximum Gasteiger partial charge on any atom is 0.233 e. The number of hydrogen-bond donors (Lipinski definition) is 1. The molecule has 25 heavy (non-hydrogen) atoms. The zero-order chi connectivity index (χ0) is 18.2. The van der Waals surface area contributed by atoms with Crippen LogP contribution >= 0.6 is 11.8 Å². The van der Waals surface area contributed by atoms with Crippen LogP contribution in [0, 0.1) is 0 Å². The summed E-state index contributed by atoms with van der Waals surface area (Å²) in [6, 6.07) is 5.35. The minimum absolute atomic E-state index is 0.105. The molecule has 0 fully saturated rings. The minimum atomic E-state index is -0.315. The van der Waals surface area contributed by atoms with Gasteiger partial charge in [0.05, 0.1) is 26.6 Å². The molecule has 1 heterocycles. The average Bonchev–Trinajstić information content (AvgIpc) is 2.65. The number of ether oxygens (including phenoxy) is 3. The molecule has 0 saturated heterocycles. The van der Waals surface area contributed by atoms with Crippen molar-refractivity contribution in [3.8, 4) is 17.2 Å². The van der Waals surface area contributed by atoms with Gasteiger partial charge in [0.15, 0.2) is 16.7 Å². The van der Waals surface area contributed by atoms with E-state index in [4.69, 9.17) is 14.2 Å². The van der Waals surface area contributed by atoms with E-state index in [-0.39, 0.29) is 11.2 Å². The molecule has 1 aromatic carbocycles. The molecule has 0 saturated carbocycles. The highest BCUT2D eigenvalue weighted by Crippen LogP contribution is 2.38. The molecule has 1 unspecified atom stereocenters. The second-order valence-electron chi connectivity index (χ2n) is 5.04. The number of carbonyl (C=O) groups excluding carboxylic acids is 1. The predicted molar refractivity (Wildman–Crippen MR) is 95.3 cm³/mol. The van der Waals surface area contributed by atoms with Gasteiger partial charge in [0.1, 0.15) is 0 Å². The molecular weight excluding hydrogens is 342 g/mol. The minimum Gasteiger partial charge on any atom is -0.493 e. The maximum absolute atomic E-state index is 12.3. The zero-order valence-electron chi connectivity index (χ0n) is 14.6. The van der Waals surface area contributed by atoms with Gasteiger partial charge in [-0.1, -0.05) is 11.8 Å². The van der Waals surface area contributed by atoms with E-state index < -0.39 is 0 Å². The van der Waals surface area contributed by atoms with Gasteiger partial charge in [-0.3, -0.25) is 4.79 Å². The molecule has 2 aromatic rings. The lowest BCUT2D eigenvalue weighted by molar-refractivity contribution is -0.120. The van der Waals surface area contributed by atoms with E-state index in [1.165, 1.54) is 11.8 Å². The van der Waals surface area contributed by atoms with Crippen LogP contribution in [0.15, 0.2) is 35.7 Å². The van der Waals surface area contributed by atoms with Crippen LogP contribution in [0.2, 0.25) is 0 Å². The zero-order valence-corrected chi connectivity index (χ0v) is 15.4. The molecule has 0 aliphatic carbocycles. The second-order valence-corrected chi connectivity index (χ2v) is 6.35. The van der Waals surface area contributed by atoms with E-state index in [1.54, 1.807) is 51.9 Å². The molecule has 0 aliphatic rings. The molecule has 0 aliphatic heterocycles. The van der Waals surface area contributed by atoms with Gasteiger partial charge < -0.3 is 19.5 Å². The van der Waals surface area contributed by atoms with Gasteiger partial charge in [-0.15, -0.1) is 0 Å². The number of aromatic nitrogens is 2. The summed E-state index contributed by atoms with van der Waals surface area (Å²) in [5.41, 5.74) is 0.844. The van der Waals surface area contributed by atoms with Gasteiger partial charge in [-0.05, 0) is 30.7 Å². The maximum atomic E-state index is 12.3. The Morgan fingerprint density at radius 1 is 1.12 bits per heavy atom. The van der Waals surface area contributed by atoms with Crippen molar-refractivity contribution in [2.75, 3.05) is 21.3 Å². The summed E-state index contributed by atoms with van der Waals surface area (Å²) in [7, 11) is 4.66. The number of nitrogens with one attached hydrogen (secondary N) is 1. The molecule has 134 valence electrons. The molecule has 0 bridgehead atoms. The SMILES string of the molecule is COc1cc(CNC(=O)C(C)Sc2ncccn2)cc(OC)c1OC. The van der Waals surface area contributed by atoms with Gasteiger partial charge in [-0.25, -0.2) is 9.97 Å². The molecule has 1 amide bonds. The Balaban J connectivity index is 2.01. The first-order chi connectivity index (χ1) is 12.1. The van der Waals surface area contributed by atoms with Gasteiger partial charge in [-0.2, -0.15) is 0 Å². The third-order valence-electron chi connectivity index (χ3n) is 3.38. The molecule has 1 aromatic heterocycles. The van der Waals surface area contributed by atoms with Crippen LogP contribution in [-0.2, 0) is 11.3 Å². The van der Waals surface area contributed by atoms with Crippen molar-refractivity contribution < 1.29 is 19.0 Å². The number of nitrogens with zero attached hydrogens (tertiary/aromatic N) is 2. The third-order valence-corrected chi connectivity index (χ3v) is 4.37. The van der Waals surface area contributed by atoms with Crippen LogP contribution in [0.3, 0.4) is 0 Å². The number of hydrogen-bond acceptors (Lipinski definition) is 7. The standard InChI is InChI=1S/C17H21N3O4S/c1-11(25-17-18-6-5-7-19-17)16(21)20-10-12-8-13(22-2)15(24-4)14(9-12)23-3/h5-9,11H,10H2,1-4H3,(H,20,21). The van der Waals surface area contributed by atoms with Crippen molar-refractivity contribution in [1.29, 1.82) is 0 Å². The smallest absolute Gasteiger partial charge is 0.233 e. The van der Waals surface area contributed by atoms with E-state index in [1.807, 2.05) is 6.92 Å². The number of thioether (sulfide) groups is 1. The van der Waals surface area contributed by atoms with Crippen LogP contribution in [0.25, 0.3) is 0 Å². The lowest BCUT2D eigenvalue weighted by Gasteiger charge is -2.15. The second kappa shape index (κ2) is 9.12. The van der Waals surface area contributed by atoms with Crippen molar-refractivity contribution in [1.82, 2.24) is 15.3 Å². The molecule has 1 atom stereocenters. The highest BCUT2D eigenvalue weighted by molar-refractivity contribution is 8.00. The van der Waals surface area contributed by atoms with E-state index in [2.05, 4.69) is 15.3 Å². The van der Waals surface area contributed by atoms with E-state index in [9.17, 15) is 4.79 Å². The number of benzene rings is 1. The summed E-state index contributed by atoms with van der Waals surface area (Å²) in [6.07, 6.45) is 3.30. The van der Waals surface area contributed by atoms with Crippen LogP contribution in [-0.4, -0.2) is 42.5 Å². The van der Waals surface area contributed by atoms with Gasteiger partial charge >= 0.3 is 0 Å². The molecular formula is C17H21N3O4S. The largest absolute Gasteiger partial charge is 0.493 e. The fourth-order valence-electron chi connectivity index (χ4n) is 2.13. The quantitative estimate of drug-likeness (QED) is 0.569. The van der Waals surface area contributed by atoms with E-state index >= 15 is 0 Å². The van der Waals surface area contributed by atoms with Crippen molar-refractivity contribution in [2.45, 2.75) is 23.9 Å². The summed E-state index contributed by atoms with van der Waals surface area (Å²) >= 11 is 1.30. The van der Waals surface area contributed by atoms with Crippen LogP contribution in [0.1, 0.15) is 12.5 Å². The number of amides is 1. The van der Waals surface area contributed by atoms with Gasteiger partial charge in [0.2, 0.25) is 11.7 Å². The number of methoxy groups -OCH3 is 3. The first kappa shape index (κ1) is 18.9. The van der Waals surface area contributed by atoms with Crippen molar-refractivity contribution >= 4 is 17.7 Å². The van der Waals surface area contributed by atoms with E-state index in [0.29, 0.717) is 28.9 Å². The lowest BCUT2D eigenvalue weighted by Crippen LogP contribution is -2.30. The number of rotatable bonds is 8. The average molecular weight is 363 g/mol. The highest BCUT2D eigenvalue weighted by Gasteiger charge is 2.17. The van der Waals surface area contributed by atoms with Crippen molar-refractivity contribution in [3.63, 3.8) is 0 Å². The summed E-state index contributed by atoms with van der Waals surface area (Å²) in [4.78, 5) is 20.5. The van der Waals surface area contributed by atoms with Crippen LogP contribution in [0.5, 0.6) is 17.2 Å². The molecule has 1 N–H and O–H groups in total. The Hall–Kier alpha value is -2.48. The van der Waals surface area contributed by atoms with Crippen molar-refractivity contribution in [3.05, 3.63) is 36.2 Å². The van der Waals surface area contributed by atoms with Gasteiger partial charge in [0.25, 0.3) is 0 Å². The fraction of sp³-hybridized carbons (Fsp3) is 0.353. The van der Waals surface area contributed by atoms with Crippen LogP contribution in [0.4, 0.5) is 0 Å². The Morgan fingerprint density at radius 3 is 2.24 bits per heavy atom. The molecule has 0 spiro atoms. The normalized spacial score (nSPS) is 11.5. The van der Waals surface area contributed by atoms with Crippen LogP contribution < -0.4 is 19.5 Å². The topological polar surface area (TPSA) is 82.6 Å². The molecule has 2 rings (SSSR count). The first-order valence-electron chi connectivity index (χ1n) is 7.59. The highest BCUT2D eigenvalue weighted by atomic mass is 32.2. The Morgan fingerprint density at radius 2 is 1.72 bits per heavy atom. The first-order valence-corrected chi connectivity index (χ1v) is 8.47.